The van der Waals surface area contributed by atoms with Crippen LogP contribution in [0.15, 0.2) is 24.4 Å². The minimum absolute atomic E-state index is 0.0811. The maximum absolute atomic E-state index is 11.9. The fourth-order valence-corrected chi connectivity index (χ4v) is 2.25. The maximum Gasteiger partial charge on any atom is 0.330 e. The summed E-state index contributed by atoms with van der Waals surface area (Å²) in [5.41, 5.74) is 1.03. The molecular weight excluding hydrogens is 322 g/mol. The van der Waals surface area contributed by atoms with Crippen LogP contribution in [0.4, 0.5) is 0 Å². The number of hydrogen-bond donors (Lipinski definition) is 1. The van der Waals surface area contributed by atoms with E-state index in [1.165, 1.54) is 13.2 Å². The molecule has 1 amide bonds. The summed E-state index contributed by atoms with van der Waals surface area (Å²) >= 11 is 0. The number of nitrogens with zero attached hydrogens (tertiary/aromatic N) is 4. The van der Waals surface area contributed by atoms with Crippen LogP contribution in [0.2, 0.25) is 0 Å². The predicted molar refractivity (Wildman–Crippen MR) is 92.0 cm³/mol. The van der Waals surface area contributed by atoms with Crippen LogP contribution in [-0.4, -0.2) is 45.1 Å². The Balaban J connectivity index is 1.82. The Hall–Kier alpha value is -2.77. The Morgan fingerprint density at radius 3 is 2.92 bits per heavy atom. The van der Waals surface area contributed by atoms with Crippen LogP contribution in [0.5, 0.6) is 0 Å². The molecule has 0 radical (unpaired) electrons. The molecule has 2 aromatic heterocycles. The van der Waals surface area contributed by atoms with Crippen LogP contribution in [0.3, 0.4) is 0 Å². The van der Waals surface area contributed by atoms with E-state index in [1.54, 1.807) is 16.8 Å². The number of aryl methyl sites for hydroxylation is 1. The van der Waals surface area contributed by atoms with Crippen molar-refractivity contribution in [3.63, 3.8) is 0 Å². The fraction of sp³-hybridized carbons (Fsp3) is 0.471. The summed E-state index contributed by atoms with van der Waals surface area (Å²) < 4.78 is 6.21. The lowest BCUT2D eigenvalue weighted by Crippen LogP contribution is -2.24. The second-order valence-electron chi connectivity index (χ2n) is 5.83. The first-order valence-electron chi connectivity index (χ1n) is 8.23. The summed E-state index contributed by atoms with van der Waals surface area (Å²) in [5.74, 6) is 0.971. The van der Waals surface area contributed by atoms with E-state index < -0.39 is 5.97 Å². The third-order valence-electron chi connectivity index (χ3n) is 3.57. The minimum Gasteiger partial charge on any atom is -0.466 e. The lowest BCUT2D eigenvalue weighted by atomic mass is 10.1. The molecule has 0 saturated carbocycles. The second-order valence-corrected chi connectivity index (χ2v) is 5.83. The van der Waals surface area contributed by atoms with Gasteiger partial charge in [-0.25, -0.2) is 14.3 Å². The Morgan fingerprint density at radius 1 is 1.40 bits per heavy atom. The van der Waals surface area contributed by atoms with E-state index in [1.807, 2.05) is 6.07 Å². The monoisotopic (exact) mass is 345 g/mol. The molecule has 0 aromatic carbocycles. The highest BCUT2D eigenvalue weighted by atomic mass is 16.5. The number of carbonyl (C=O) groups excluding carboxylic acids is 2. The summed E-state index contributed by atoms with van der Waals surface area (Å²) in [6.45, 7) is 4.63. The Kier molecular flexibility index (Phi) is 6.62. The van der Waals surface area contributed by atoms with Crippen molar-refractivity contribution in [1.82, 2.24) is 24.9 Å². The average molecular weight is 345 g/mol. The molecule has 0 aliphatic carbocycles. The van der Waals surface area contributed by atoms with Crippen LogP contribution in [0, 0.1) is 0 Å². The van der Waals surface area contributed by atoms with E-state index in [-0.39, 0.29) is 5.91 Å². The predicted octanol–water partition coefficient (Wildman–Crippen LogP) is 1.42. The zero-order valence-corrected chi connectivity index (χ0v) is 14.7. The quantitative estimate of drug-likeness (QED) is 0.441. The molecule has 2 aromatic rings. The first kappa shape index (κ1) is 18.6. The smallest absolute Gasteiger partial charge is 0.330 e. The number of aromatic nitrogens is 4. The molecule has 0 unspecified atom stereocenters. The molecule has 0 spiro atoms. The fourth-order valence-electron chi connectivity index (χ4n) is 2.25. The lowest BCUT2D eigenvalue weighted by Gasteiger charge is -2.05. The van der Waals surface area contributed by atoms with Crippen LogP contribution in [0.1, 0.15) is 44.1 Å². The van der Waals surface area contributed by atoms with Gasteiger partial charge in [0, 0.05) is 31.7 Å². The third-order valence-corrected chi connectivity index (χ3v) is 3.57. The second kappa shape index (κ2) is 8.91. The normalized spacial score (nSPS) is 11.4. The highest BCUT2D eigenvalue weighted by Gasteiger charge is 2.11. The summed E-state index contributed by atoms with van der Waals surface area (Å²) in [7, 11) is 1.32. The van der Waals surface area contributed by atoms with Crippen LogP contribution < -0.4 is 5.32 Å². The molecule has 0 aliphatic heterocycles. The van der Waals surface area contributed by atoms with Gasteiger partial charge in [0.25, 0.3) is 5.78 Å². The number of esters is 1. The molecule has 8 nitrogen and oxygen atoms in total. The molecule has 2 rings (SSSR count). The van der Waals surface area contributed by atoms with Gasteiger partial charge in [-0.05, 0) is 18.4 Å². The van der Waals surface area contributed by atoms with Crippen molar-refractivity contribution in [3.05, 3.63) is 35.9 Å². The van der Waals surface area contributed by atoms with Gasteiger partial charge in [0.05, 0.1) is 12.8 Å². The molecule has 0 atom stereocenters. The van der Waals surface area contributed by atoms with Gasteiger partial charge in [0.1, 0.15) is 0 Å². The Bertz CT molecular complexity index is 767. The third kappa shape index (κ3) is 5.37. The van der Waals surface area contributed by atoms with Gasteiger partial charge in [-0.2, -0.15) is 4.98 Å². The molecule has 0 bridgehead atoms. The maximum atomic E-state index is 11.9. The van der Waals surface area contributed by atoms with Gasteiger partial charge in [-0.3, -0.25) is 4.79 Å². The Morgan fingerprint density at radius 2 is 2.20 bits per heavy atom. The lowest BCUT2D eigenvalue weighted by molar-refractivity contribution is -0.134. The molecule has 0 fully saturated rings. The number of carbonyl (C=O) groups is 2. The topological polar surface area (TPSA) is 98.5 Å². The van der Waals surface area contributed by atoms with E-state index in [2.05, 4.69) is 39.0 Å². The Labute approximate surface area is 146 Å². The first-order valence-corrected chi connectivity index (χ1v) is 8.23. The molecule has 25 heavy (non-hydrogen) atoms. The van der Waals surface area contributed by atoms with Crippen molar-refractivity contribution in [2.24, 2.45) is 0 Å². The summed E-state index contributed by atoms with van der Waals surface area (Å²) in [6.07, 6.45) is 6.03. The van der Waals surface area contributed by atoms with Gasteiger partial charge in [0.15, 0.2) is 5.82 Å². The van der Waals surface area contributed by atoms with Gasteiger partial charge in [-0.15, -0.1) is 5.10 Å². The van der Waals surface area contributed by atoms with E-state index >= 15 is 0 Å². The van der Waals surface area contributed by atoms with Crippen molar-refractivity contribution < 1.29 is 14.3 Å². The SMILES string of the molecule is COC(=O)/C=C/CCNC(=O)CCc1nc2nccc(C(C)C)n2n1. The molecule has 0 aliphatic rings. The number of ether oxygens (including phenoxy) is 1. The molecule has 134 valence electrons. The average Bonchev–Trinajstić information content (AvgIpc) is 3.02. The largest absolute Gasteiger partial charge is 0.466 e. The van der Waals surface area contributed by atoms with Gasteiger partial charge in [-0.1, -0.05) is 19.9 Å². The van der Waals surface area contributed by atoms with Crippen LogP contribution >= 0.6 is 0 Å². The highest BCUT2D eigenvalue weighted by Crippen LogP contribution is 2.14. The van der Waals surface area contributed by atoms with E-state index in [9.17, 15) is 9.59 Å². The van der Waals surface area contributed by atoms with Crippen molar-refractivity contribution in [3.8, 4) is 0 Å². The minimum atomic E-state index is -0.404. The zero-order chi connectivity index (χ0) is 18.2. The highest BCUT2D eigenvalue weighted by molar-refractivity contribution is 5.81. The van der Waals surface area contributed by atoms with E-state index in [4.69, 9.17) is 0 Å². The summed E-state index contributed by atoms with van der Waals surface area (Å²) in [5, 5.41) is 7.23. The number of hydrogen-bond acceptors (Lipinski definition) is 6. The van der Waals surface area contributed by atoms with Crippen LogP contribution in [0.25, 0.3) is 5.78 Å². The number of nitrogens with one attached hydrogen (secondary N) is 1. The molecular formula is C17H23N5O3. The standard InChI is InChI=1S/C17H23N5O3/c1-12(2)13-9-11-19-17-20-14(21-22(13)17)7-8-15(23)18-10-5-4-6-16(24)25-3/h4,6,9,11-12H,5,7-8,10H2,1-3H3,(H,18,23)/b6-4+. The zero-order valence-electron chi connectivity index (χ0n) is 14.7. The number of methoxy groups -OCH3 is 1. The molecule has 8 heteroatoms. The van der Waals surface area contributed by atoms with Crippen molar-refractivity contribution >= 4 is 17.7 Å². The van der Waals surface area contributed by atoms with E-state index in [0.717, 1.165) is 5.69 Å². The van der Waals surface area contributed by atoms with Crippen molar-refractivity contribution in [2.45, 2.75) is 39.0 Å². The van der Waals surface area contributed by atoms with Gasteiger partial charge < -0.3 is 10.1 Å². The number of rotatable bonds is 8. The first-order chi connectivity index (χ1) is 12.0. The molecule has 2 heterocycles. The number of fused-ring (bicyclic) bond motifs is 1. The van der Waals surface area contributed by atoms with Crippen molar-refractivity contribution in [1.29, 1.82) is 0 Å². The van der Waals surface area contributed by atoms with Crippen molar-refractivity contribution in [2.75, 3.05) is 13.7 Å². The van der Waals surface area contributed by atoms with Gasteiger partial charge >= 0.3 is 5.97 Å². The summed E-state index contributed by atoms with van der Waals surface area (Å²) in [4.78, 5) is 31.3. The summed E-state index contributed by atoms with van der Waals surface area (Å²) in [6, 6.07) is 1.92. The van der Waals surface area contributed by atoms with E-state index in [0.29, 0.717) is 43.3 Å². The van der Waals surface area contributed by atoms with Crippen LogP contribution in [-0.2, 0) is 20.7 Å². The molecule has 0 saturated heterocycles. The number of amides is 1. The van der Waals surface area contributed by atoms with Gasteiger partial charge in [0.2, 0.25) is 5.91 Å². The molecule has 1 N–H and O–H groups in total.